The molecule has 0 fully saturated rings. The molecule has 0 bridgehead atoms. The van der Waals surface area contributed by atoms with E-state index in [-0.39, 0.29) is 30.2 Å². The van der Waals surface area contributed by atoms with E-state index in [9.17, 15) is 14.4 Å². The first-order valence-corrected chi connectivity index (χ1v) is 10.1. The molecule has 0 radical (unpaired) electrons. The predicted octanol–water partition coefficient (Wildman–Crippen LogP) is 3.65. The van der Waals surface area contributed by atoms with E-state index in [1.54, 1.807) is 18.2 Å². The zero-order valence-corrected chi connectivity index (χ0v) is 17.5. The number of rotatable bonds is 8. The van der Waals surface area contributed by atoms with Crippen molar-refractivity contribution < 1.29 is 14.4 Å². The van der Waals surface area contributed by atoms with Crippen molar-refractivity contribution in [3.63, 3.8) is 0 Å². The van der Waals surface area contributed by atoms with Crippen LogP contribution in [0, 0.1) is 12.8 Å². The number of thiophene rings is 1. The van der Waals surface area contributed by atoms with E-state index in [2.05, 4.69) is 16.0 Å². The lowest BCUT2D eigenvalue weighted by Gasteiger charge is -2.17. The Bertz CT molecular complexity index is 831. The smallest absolute Gasteiger partial charge is 0.251 e. The van der Waals surface area contributed by atoms with Crippen molar-refractivity contribution in [2.24, 2.45) is 5.92 Å². The molecule has 0 spiro atoms. The number of hydrogen-bond donors (Lipinski definition) is 3. The maximum Gasteiger partial charge on any atom is 0.251 e. The van der Waals surface area contributed by atoms with Gasteiger partial charge in [-0.15, -0.1) is 11.3 Å². The predicted molar refractivity (Wildman–Crippen MR) is 112 cm³/mol. The average Bonchev–Trinajstić information content (AvgIpc) is 3.15. The summed E-state index contributed by atoms with van der Waals surface area (Å²) in [6.45, 7) is 7.97. The van der Waals surface area contributed by atoms with Crippen molar-refractivity contribution in [3.8, 4) is 0 Å². The van der Waals surface area contributed by atoms with Crippen LogP contribution in [0.2, 0.25) is 0 Å². The average molecular weight is 402 g/mol. The van der Waals surface area contributed by atoms with Crippen LogP contribution in [-0.4, -0.2) is 24.3 Å². The van der Waals surface area contributed by atoms with E-state index in [1.165, 1.54) is 18.3 Å². The Hall–Kier alpha value is -2.67. The molecule has 1 heterocycles. The van der Waals surface area contributed by atoms with Gasteiger partial charge < -0.3 is 16.0 Å². The Balaban J connectivity index is 2.02. The molecule has 3 N–H and O–H groups in total. The van der Waals surface area contributed by atoms with Gasteiger partial charge in [-0.05, 0) is 48.1 Å². The lowest BCUT2D eigenvalue weighted by Crippen LogP contribution is -2.29. The summed E-state index contributed by atoms with van der Waals surface area (Å²) >= 11 is 1.50. The molecule has 0 saturated carbocycles. The Labute approximate surface area is 169 Å². The van der Waals surface area contributed by atoms with Gasteiger partial charge in [0.05, 0.1) is 12.5 Å². The minimum Gasteiger partial charge on any atom is -0.352 e. The topological polar surface area (TPSA) is 87.3 Å². The van der Waals surface area contributed by atoms with E-state index >= 15 is 0 Å². The van der Waals surface area contributed by atoms with Crippen LogP contribution in [0.1, 0.15) is 54.0 Å². The minimum absolute atomic E-state index is 0.127. The molecular formula is C21H27N3O3S. The summed E-state index contributed by atoms with van der Waals surface area (Å²) in [4.78, 5) is 37.1. The molecular weight excluding hydrogens is 374 g/mol. The Morgan fingerprint density at radius 2 is 1.89 bits per heavy atom. The Morgan fingerprint density at radius 1 is 1.14 bits per heavy atom. The lowest BCUT2D eigenvalue weighted by molar-refractivity contribution is -0.120. The van der Waals surface area contributed by atoms with E-state index in [0.29, 0.717) is 23.7 Å². The van der Waals surface area contributed by atoms with Crippen molar-refractivity contribution in [3.05, 3.63) is 51.7 Å². The Morgan fingerprint density at radius 3 is 2.46 bits per heavy atom. The van der Waals surface area contributed by atoms with Crippen LogP contribution in [0.15, 0.2) is 35.7 Å². The second kappa shape index (κ2) is 10.0. The van der Waals surface area contributed by atoms with Gasteiger partial charge in [-0.25, -0.2) is 0 Å². The molecule has 150 valence electrons. The number of anilines is 1. The van der Waals surface area contributed by atoms with Gasteiger partial charge in [0, 0.05) is 29.6 Å². The number of hydrogen-bond acceptors (Lipinski definition) is 4. The molecule has 1 atom stereocenters. The van der Waals surface area contributed by atoms with Crippen molar-refractivity contribution in [2.75, 3.05) is 11.9 Å². The van der Waals surface area contributed by atoms with Crippen molar-refractivity contribution >= 4 is 34.7 Å². The monoisotopic (exact) mass is 401 g/mol. The second-order valence-corrected chi connectivity index (χ2v) is 8.13. The summed E-state index contributed by atoms with van der Waals surface area (Å²) in [6.07, 6.45) is 0.135. The fraction of sp³-hybridized carbons (Fsp3) is 0.381. The largest absolute Gasteiger partial charge is 0.352 e. The van der Waals surface area contributed by atoms with Crippen LogP contribution in [0.3, 0.4) is 0 Å². The fourth-order valence-corrected chi connectivity index (χ4v) is 3.47. The summed E-state index contributed by atoms with van der Waals surface area (Å²) in [5, 5.41) is 10.5. The molecule has 2 aromatic rings. The molecule has 2 rings (SSSR count). The van der Waals surface area contributed by atoms with Crippen LogP contribution >= 0.6 is 11.3 Å². The summed E-state index contributed by atoms with van der Waals surface area (Å²) in [7, 11) is 0. The van der Waals surface area contributed by atoms with Gasteiger partial charge in [0.1, 0.15) is 0 Å². The van der Waals surface area contributed by atoms with Crippen molar-refractivity contribution in [1.82, 2.24) is 10.6 Å². The Kier molecular flexibility index (Phi) is 7.75. The third kappa shape index (κ3) is 6.49. The van der Waals surface area contributed by atoms with Gasteiger partial charge in [-0.3, -0.25) is 14.4 Å². The molecule has 0 aliphatic rings. The first-order valence-electron chi connectivity index (χ1n) is 9.25. The molecule has 7 heteroatoms. The highest BCUT2D eigenvalue weighted by molar-refractivity contribution is 7.10. The minimum atomic E-state index is -0.362. The van der Waals surface area contributed by atoms with Crippen molar-refractivity contribution in [1.29, 1.82) is 0 Å². The number of nitrogens with one attached hydrogen (secondary N) is 3. The quantitative estimate of drug-likeness (QED) is 0.631. The number of carbonyl (C=O) groups is 3. The zero-order chi connectivity index (χ0) is 20.7. The van der Waals surface area contributed by atoms with E-state index < -0.39 is 0 Å². The number of aryl methyl sites for hydroxylation is 1. The van der Waals surface area contributed by atoms with Crippen LogP contribution in [0.4, 0.5) is 5.69 Å². The first kappa shape index (κ1) is 21.6. The van der Waals surface area contributed by atoms with E-state index in [1.807, 2.05) is 38.3 Å². The third-order valence-electron chi connectivity index (χ3n) is 4.09. The van der Waals surface area contributed by atoms with Gasteiger partial charge in [0.25, 0.3) is 5.91 Å². The van der Waals surface area contributed by atoms with Crippen LogP contribution in [0.25, 0.3) is 0 Å². The summed E-state index contributed by atoms with van der Waals surface area (Å²) in [5.74, 6) is -0.131. The van der Waals surface area contributed by atoms with Crippen LogP contribution in [-0.2, 0) is 9.59 Å². The van der Waals surface area contributed by atoms with Gasteiger partial charge in [-0.2, -0.15) is 0 Å². The van der Waals surface area contributed by atoms with Gasteiger partial charge in [0.15, 0.2) is 0 Å². The van der Waals surface area contributed by atoms with Crippen LogP contribution < -0.4 is 16.0 Å². The SMILES string of the molecule is CC(=O)NC(CC(=O)Nc1ccc(C(=O)NCC(C)C)cc1C)c1cccs1. The fourth-order valence-electron chi connectivity index (χ4n) is 2.69. The molecule has 0 aliphatic carbocycles. The molecule has 1 aromatic carbocycles. The van der Waals surface area contributed by atoms with Crippen molar-refractivity contribution in [2.45, 2.75) is 40.2 Å². The molecule has 6 nitrogen and oxygen atoms in total. The highest BCUT2D eigenvalue weighted by atomic mass is 32.1. The maximum atomic E-state index is 12.5. The van der Waals surface area contributed by atoms with Gasteiger partial charge in [0.2, 0.25) is 11.8 Å². The summed E-state index contributed by atoms with van der Waals surface area (Å²) in [6, 6.07) is 8.61. The first-order chi connectivity index (χ1) is 13.3. The highest BCUT2D eigenvalue weighted by Crippen LogP contribution is 2.23. The lowest BCUT2D eigenvalue weighted by atomic mass is 10.1. The highest BCUT2D eigenvalue weighted by Gasteiger charge is 2.19. The molecule has 3 amide bonds. The zero-order valence-electron chi connectivity index (χ0n) is 16.7. The molecule has 0 saturated heterocycles. The van der Waals surface area contributed by atoms with E-state index in [0.717, 1.165) is 10.4 Å². The standard InChI is InChI=1S/C21H27N3O3S/c1-13(2)12-22-21(27)16-7-8-17(14(3)10-16)24-20(26)11-18(23-15(4)25)19-6-5-9-28-19/h5-10,13,18H,11-12H2,1-4H3,(H,22,27)(H,23,25)(H,24,26). The molecule has 1 unspecified atom stereocenters. The maximum absolute atomic E-state index is 12.5. The number of carbonyl (C=O) groups excluding carboxylic acids is 3. The van der Waals surface area contributed by atoms with Gasteiger partial charge in [-0.1, -0.05) is 19.9 Å². The molecule has 1 aromatic heterocycles. The summed E-state index contributed by atoms with van der Waals surface area (Å²) < 4.78 is 0. The number of amides is 3. The van der Waals surface area contributed by atoms with E-state index in [4.69, 9.17) is 0 Å². The van der Waals surface area contributed by atoms with Gasteiger partial charge >= 0.3 is 0 Å². The third-order valence-corrected chi connectivity index (χ3v) is 5.07. The number of benzene rings is 1. The summed E-state index contributed by atoms with van der Waals surface area (Å²) in [5.41, 5.74) is 2.02. The molecule has 28 heavy (non-hydrogen) atoms. The normalized spacial score (nSPS) is 11.8. The second-order valence-electron chi connectivity index (χ2n) is 7.15. The molecule has 0 aliphatic heterocycles. The van der Waals surface area contributed by atoms with Crippen LogP contribution in [0.5, 0.6) is 0 Å².